The lowest BCUT2D eigenvalue weighted by Crippen LogP contribution is -2.47. The van der Waals surface area contributed by atoms with Crippen LogP contribution in [0.2, 0.25) is 0 Å². The molecule has 0 radical (unpaired) electrons. The van der Waals surface area contributed by atoms with Crippen molar-refractivity contribution in [3.8, 4) is 0 Å². The maximum absolute atomic E-state index is 4.81. The molecule has 0 atom stereocenters. The molecule has 8 nitrogen and oxygen atoms in total. The Morgan fingerprint density at radius 2 is 1.67 bits per heavy atom. The van der Waals surface area contributed by atoms with Crippen LogP contribution in [0.3, 0.4) is 0 Å². The Hall–Kier alpha value is -2.77. The average molecular weight is 366 g/mol. The molecule has 0 aliphatic carbocycles. The molecule has 3 aromatic heterocycles. The summed E-state index contributed by atoms with van der Waals surface area (Å²) in [6.45, 7) is 9.90. The maximum atomic E-state index is 4.81. The quantitative estimate of drug-likeness (QED) is 0.685. The van der Waals surface area contributed by atoms with Crippen LogP contribution in [-0.2, 0) is 6.42 Å². The number of hydrogen-bond donors (Lipinski definition) is 0. The van der Waals surface area contributed by atoms with Crippen LogP contribution in [0.5, 0.6) is 0 Å². The van der Waals surface area contributed by atoms with Crippen molar-refractivity contribution in [2.24, 2.45) is 0 Å². The third-order valence-corrected chi connectivity index (χ3v) is 4.93. The van der Waals surface area contributed by atoms with E-state index in [0.29, 0.717) is 5.78 Å². The van der Waals surface area contributed by atoms with Crippen LogP contribution in [0.15, 0.2) is 18.5 Å². The monoisotopic (exact) mass is 366 g/mol. The zero-order chi connectivity index (χ0) is 18.8. The number of anilines is 2. The highest BCUT2D eigenvalue weighted by atomic mass is 15.4. The topological polar surface area (TPSA) is 75.3 Å². The molecule has 1 fully saturated rings. The second-order valence-electron chi connectivity index (χ2n) is 7.09. The minimum absolute atomic E-state index is 0.652. The van der Waals surface area contributed by atoms with E-state index in [4.69, 9.17) is 4.98 Å². The van der Waals surface area contributed by atoms with Crippen molar-refractivity contribution in [1.29, 1.82) is 0 Å². The third-order valence-electron chi connectivity index (χ3n) is 4.93. The Balaban J connectivity index is 1.50. The largest absolute Gasteiger partial charge is 0.353 e. The van der Waals surface area contributed by atoms with E-state index in [0.717, 1.165) is 74.3 Å². The fourth-order valence-electron chi connectivity index (χ4n) is 3.52. The van der Waals surface area contributed by atoms with Crippen LogP contribution >= 0.6 is 0 Å². The Morgan fingerprint density at radius 1 is 0.926 bits per heavy atom. The van der Waals surface area contributed by atoms with Gasteiger partial charge in [0.25, 0.3) is 5.78 Å². The van der Waals surface area contributed by atoms with E-state index in [9.17, 15) is 0 Å². The number of aryl methyl sites for hydroxylation is 3. The molecule has 3 aromatic rings. The Labute approximate surface area is 159 Å². The van der Waals surface area contributed by atoms with Gasteiger partial charge in [-0.3, -0.25) is 0 Å². The van der Waals surface area contributed by atoms with Crippen molar-refractivity contribution in [3.05, 3.63) is 35.7 Å². The summed E-state index contributed by atoms with van der Waals surface area (Å²) in [4.78, 5) is 22.8. The van der Waals surface area contributed by atoms with Gasteiger partial charge >= 0.3 is 0 Å². The third kappa shape index (κ3) is 3.70. The number of piperazine rings is 1. The van der Waals surface area contributed by atoms with E-state index in [1.54, 1.807) is 6.33 Å². The maximum Gasteiger partial charge on any atom is 0.254 e. The summed E-state index contributed by atoms with van der Waals surface area (Å²) in [5.74, 6) is 3.71. The molecule has 1 aliphatic heterocycles. The van der Waals surface area contributed by atoms with E-state index in [1.165, 1.54) is 0 Å². The summed E-state index contributed by atoms with van der Waals surface area (Å²) < 4.78 is 1.82. The van der Waals surface area contributed by atoms with Crippen LogP contribution in [0, 0.1) is 13.8 Å². The van der Waals surface area contributed by atoms with Gasteiger partial charge in [-0.15, -0.1) is 0 Å². The SMILES string of the molecule is CCCCc1nc(C)cc(N2CCN(c3cc(C)nc4ncnn34)CC2)n1. The molecule has 4 heterocycles. The number of aromatic nitrogens is 6. The number of hydrogen-bond acceptors (Lipinski definition) is 7. The van der Waals surface area contributed by atoms with Crippen molar-refractivity contribution in [2.45, 2.75) is 40.0 Å². The van der Waals surface area contributed by atoms with E-state index in [1.807, 2.05) is 11.4 Å². The van der Waals surface area contributed by atoms with E-state index < -0.39 is 0 Å². The van der Waals surface area contributed by atoms with Gasteiger partial charge in [0.05, 0.1) is 0 Å². The Bertz CT molecular complexity index is 927. The van der Waals surface area contributed by atoms with Crippen molar-refractivity contribution in [3.63, 3.8) is 0 Å². The Morgan fingerprint density at radius 3 is 2.44 bits per heavy atom. The molecular weight excluding hydrogens is 340 g/mol. The number of nitrogens with zero attached hydrogens (tertiary/aromatic N) is 8. The van der Waals surface area contributed by atoms with Gasteiger partial charge in [0.15, 0.2) is 0 Å². The van der Waals surface area contributed by atoms with Crippen LogP contribution in [0.1, 0.15) is 37.0 Å². The molecule has 8 heteroatoms. The molecule has 27 heavy (non-hydrogen) atoms. The summed E-state index contributed by atoms with van der Waals surface area (Å²) in [7, 11) is 0. The van der Waals surface area contributed by atoms with Gasteiger partial charge in [-0.05, 0) is 20.3 Å². The van der Waals surface area contributed by atoms with Crippen molar-refractivity contribution < 1.29 is 0 Å². The lowest BCUT2D eigenvalue weighted by atomic mass is 10.2. The highest BCUT2D eigenvalue weighted by Crippen LogP contribution is 2.21. The number of unbranched alkanes of at least 4 members (excludes halogenated alkanes) is 1. The second-order valence-corrected chi connectivity index (χ2v) is 7.09. The number of rotatable bonds is 5. The van der Waals surface area contributed by atoms with Gasteiger partial charge in [0.1, 0.15) is 23.8 Å². The first kappa shape index (κ1) is 17.6. The highest BCUT2D eigenvalue weighted by Gasteiger charge is 2.21. The van der Waals surface area contributed by atoms with Gasteiger partial charge < -0.3 is 9.80 Å². The summed E-state index contributed by atoms with van der Waals surface area (Å²) in [5, 5.41) is 4.33. The molecule has 1 aliphatic rings. The first-order chi connectivity index (χ1) is 13.1. The average Bonchev–Trinajstić information content (AvgIpc) is 3.14. The van der Waals surface area contributed by atoms with E-state index >= 15 is 0 Å². The molecule has 0 saturated carbocycles. The van der Waals surface area contributed by atoms with E-state index in [-0.39, 0.29) is 0 Å². The number of fused-ring (bicyclic) bond motifs is 1. The minimum atomic E-state index is 0.652. The smallest absolute Gasteiger partial charge is 0.254 e. The van der Waals surface area contributed by atoms with Crippen LogP contribution < -0.4 is 9.80 Å². The van der Waals surface area contributed by atoms with E-state index in [2.05, 4.69) is 55.8 Å². The Kier molecular flexibility index (Phi) is 4.87. The molecule has 4 rings (SSSR count). The predicted octanol–water partition coefficient (Wildman–Crippen LogP) is 2.20. The zero-order valence-electron chi connectivity index (χ0n) is 16.3. The minimum Gasteiger partial charge on any atom is -0.353 e. The molecule has 0 spiro atoms. The van der Waals surface area contributed by atoms with Crippen LogP contribution in [-0.4, -0.2) is 55.7 Å². The highest BCUT2D eigenvalue weighted by molar-refractivity contribution is 5.50. The van der Waals surface area contributed by atoms with Gasteiger partial charge in [0, 0.05) is 56.1 Å². The fraction of sp³-hybridized carbons (Fsp3) is 0.526. The standard InChI is InChI=1S/C19H26N8/c1-4-5-6-16-22-14(2)11-17(24-16)25-7-9-26(10-8-25)18-12-15(3)23-19-20-13-21-27(18)19/h11-13H,4-10H2,1-3H3. The molecule has 0 bridgehead atoms. The van der Waals surface area contributed by atoms with Crippen molar-refractivity contribution in [1.82, 2.24) is 29.5 Å². The molecule has 1 saturated heterocycles. The molecular formula is C19H26N8. The molecule has 0 N–H and O–H groups in total. The summed E-state index contributed by atoms with van der Waals surface area (Å²) in [6.07, 6.45) is 4.80. The molecule has 0 aromatic carbocycles. The lowest BCUT2D eigenvalue weighted by molar-refractivity contribution is 0.629. The first-order valence-electron chi connectivity index (χ1n) is 9.66. The molecule has 142 valence electrons. The van der Waals surface area contributed by atoms with Crippen LogP contribution in [0.4, 0.5) is 11.6 Å². The van der Waals surface area contributed by atoms with Crippen LogP contribution in [0.25, 0.3) is 5.78 Å². The van der Waals surface area contributed by atoms with Gasteiger partial charge in [-0.2, -0.15) is 14.6 Å². The van der Waals surface area contributed by atoms with Gasteiger partial charge in [-0.25, -0.2) is 15.0 Å². The lowest BCUT2D eigenvalue weighted by Gasteiger charge is -2.36. The molecule has 0 amide bonds. The summed E-state index contributed by atoms with van der Waals surface area (Å²) in [6, 6.07) is 4.17. The molecule has 0 unspecified atom stereocenters. The fourth-order valence-corrected chi connectivity index (χ4v) is 3.52. The van der Waals surface area contributed by atoms with Crippen molar-refractivity contribution in [2.75, 3.05) is 36.0 Å². The van der Waals surface area contributed by atoms with Gasteiger partial charge in [0.2, 0.25) is 0 Å². The first-order valence-corrected chi connectivity index (χ1v) is 9.66. The second kappa shape index (κ2) is 7.46. The normalized spacial score (nSPS) is 14.9. The summed E-state index contributed by atoms with van der Waals surface area (Å²) in [5.41, 5.74) is 2.00. The van der Waals surface area contributed by atoms with Crippen molar-refractivity contribution >= 4 is 17.4 Å². The van der Waals surface area contributed by atoms with Gasteiger partial charge in [-0.1, -0.05) is 13.3 Å². The zero-order valence-corrected chi connectivity index (χ0v) is 16.3. The summed E-state index contributed by atoms with van der Waals surface area (Å²) >= 11 is 0. The predicted molar refractivity (Wildman–Crippen MR) is 105 cm³/mol.